The number of amides is 2. The Hall–Kier alpha value is -2.87. The summed E-state index contributed by atoms with van der Waals surface area (Å²) in [6.07, 6.45) is 3.39. The van der Waals surface area contributed by atoms with Crippen molar-refractivity contribution in [2.75, 3.05) is 19.6 Å². The fraction of sp³-hybridized carbons (Fsp3) is 0.160. The summed E-state index contributed by atoms with van der Waals surface area (Å²) in [6, 6.07) is 17.6. The molecule has 1 aliphatic heterocycles. The molecular weight excluding hydrogens is 539 g/mol. The van der Waals surface area contributed by atoms with Crippen molar-refractivity contribution in [2.45, 2.75) is 6.04 Å². The summed E-state index contributed by atoms with van der Waals surface area (Å²) in [5.41, 5.74) is 2.69. The Bertz CT molecular complexity index is 1370. The minimum absolute atomic E-state index is 0.109. The average Bonchev–Trinajstić information content (AvgIpc) is 3.29. The van der Waals surface area contributed by atoms with Crippen LogP contribution in [0.25, 0.3) is 5.52 Å². The van der Waals surface area contributed by atoms with E-state index in [1.807, 2.05) is 29.2 Å². The summed E-state index contributed by atoms with van der Waals surface area (Å²) in [5, 5.41) is 5.50. The second-order valence-corrected chi connectivity index (χ2v) is 9.76. The maximum atomic E-state index is 13.6. The zero-order valence-corrected chi connectivity index (χ0v) is 21.0. The number of halogens is 3. The van der Waals surface area contributed by atoms with E-state index in [1.165, 1.54) is 0 Å². The van der Waals surface area contributed by atoms with Crippen LogP contribution in [-0.4, -0.2) is 50.9 Å². The topological polar surface area (TPSA) is 57.9 Å². The molecule has 2 amide bonds. The van der Waals surface area contributed by atoms with Crippen molar-refractivity contribution in [3.05, 3.63) is 104 Å². The Morgan fingerprint density at radius 3 is 2.29 bits per heavy atom. The lowest BCUT2D eigenvalue weighted by atomic mass is 10.0. The highest BCUT2D eigenvalue weighted by molar-refractivity contribution is 9.10. The minimum atomic E-state index is -0.330. The predicted octanol–water partition coefficient (Wildman–Crippen LogP) is 5.74. The molecule has 1 fully saturated rings. The fourth-order valence-electron chi connectivity index (χ4n) is 4.27. The molecule has 0 radical (unpaired) electrons. The van der Waals surface area contributed by atoms with Gasteiger partial charge in [0.15, 0.2) is 0 Å². The predicted molar refractivity (Wildman–Crippen MR) is 135 cm³/mol. The van der Waals surface area contributed by atoms with Crippen molar-refractivity contribution in [1.29, 1.82) is 0 Å². The van der Waals surface area contributed by atoms with E-state index in [9.17, 15) is 9.59 Å². The summed E-state index contributed by atoms with van der Waals surface area (Å²) in [5.74, 6) is -0.234. The third-order valence-electron chi connectivity index (χ3n) is 6.00. The third kappa shape index (κ3) is 4.31. The average molecular weight is 558 g/mol. The summed E-state index contributed by atoms with van der Waals surface area (Å²) < 4.78 is 2.47. The summed E-state index contributed by atoms with van der Waals surface area (Å²) in [7, 11) is 0. The molecule has 1 aliphatic rings. The lowest BCUT2D eigenvalue weighted by Crippen LogP contribution is -2.52. The van der Waals surface area contributed by atoms with Crippen LogP contribution < -0.4 is 0 Å². The number of carbonyl (C=O) groups excluding carboxylic acids is 2. The summed E-state index contributed by atoms with van der Waals surface area (Å²) in [6.45, 7) is 1.15. The smallest absolute Gasteiger partial charge is 0.257 e. The molecule has 34 heavy (non-hydrogen) atoms. The van der Waals surface area contributed by atoms with E-state index in [2.05, 4.69) is 21.0 Å². The van der Waals surface area contributed by atoms with E-state index < -0.39 is 0 Å². The number of rotatable bonds is 3. The van der Waals surface area contributed by atoms with Gasteiger partial charge in [-0.1, -0.05) is 35.3 Å². The molecule has 6 nitrogen and oxygen atoms in total. The van der Waals surface area contributed by atoms with Crippen molar-refractivity contribution >= 4 is 56.5 Å². The van der Waals surface area contributed by atoms with Gasteiger partial charge in [-0.05, 0) is 70.0 Å². The van der Waals surface area contributed by atoms with Gasteiger partial charge in [0.1, 0.15) is 0 Å². The zero-order valence-electron chi connectivity index (χ0n) is 17.9. The van der Waals surface area contributed by atoms with Gasteiger partial charge in [-0.15, -0.1) is 0 Å². The van der Waals surface area contributed by atoms with Gasteiger partial charge in [0.2, 0.25) is 0 Å². The number of nitrogens with zero attached hydrogens (tertiary/aromatic N) is 4. The van der Waals surface area contributed by atoms with Crippen molar-refractivity contribution in [1.82, 2.24) is 19.4 Å². The molecule has 0 aliphatic carbocycles. The molecule has 2 aromatic carbocycles. The molecule has 0 saturated carbocycles. The van der Waals surface area contributed by atoms with Crippen LogP contribution >= 0.6 is 39.1 Å². The van der Waals surface area contributed by atoms with Gasteiger partial charge in [-0.2, -0.15) is 5.10 Å². The minimum Gasteiger partial charge on any atom is -0.334 e. The maximum absolute atomic E-state index is 13.6. The van der Waals surface area contributed by atoms with Crippen LogP contribution in [-0.2, 0) is 0 Å². The lowest BCUT2D eigenvalue weighted by Gasteiger charge is -2.41. The van der Waals surface area contributed by atoms with Gasteiger partial charge in [-0.3, -0.25) is 9.59 Å². The van der Waals surface area contributed by atoms with E-state index in [4.69, 9.17) is 23.2 Å². The first kappa shape index (κ1) is 22.9. The first-order valence-corrected chi connectivity index (χ1v) is 12.2. The highest BCUT2D eigenvalue weighted by atomic mass is 79.9. The van der Waals surface area contributed by atoms with E-state index >= 15 is 0 Å². The molecule has 3 heterocycles. The number of hydrogen-bond acceptors (Lipinski definition) is 3. The van der Waals surface area contributed by atoms with E-state index in [0.717, 1.165) is 15.6 Å². The first-order valence-electron chi connectivity index (χ1n) is 10.7. The quantitative estimate of drug-likeness (QED) is 0.322. The van der Waals surface area contributed by atoms with Crippen molar-refractivity contribution in [3.8, 4) is 0 Å². The van der Waals surface area contributed by atoms with Gasteiger partial charge in [-0.25, -0.2) is 4.52 Å². The Labute approximate surface area is 214 Å². The Balaban J connectivity index is 1.47. The standard InChI is InChI=1S/C25H19BrCl2N4O2/c26-21-2-1-11-32-23(21)20(14-29-32)25(34)30-12-13-31(24(33)17-5-9-19(28)10-6-17)22(15-30)16-3-7-18(27)8-4-16/h1-11,14,22H,12-13,15H2. The number of carbonyl (C=O) groups is 2. The van der Waals surface area contributed by atoms with Crippen LogP contribution in [0.15, 0.2) is 77.5 Å². The highest BCUT2D eigenvalue weighted by Gasteiger charge is 2.35. The largest absolute Gasteiger partial charge is 0.334 e. The number of fused-ring (bicyclic) bond motifs is 1. The lowest BCUT2D eigenvalue weighted by molar-refractivity contribution is 0.0384. The Kier molecular flexibility index (Phi) is 6.34. The van der Waals surface area contributed by atoms with Crippen molar-refractivity contribution in [3.63, 3.8) is 0 Å². The van der Waals surface area contributed by atoms with Crippen LogP contribution in [0.4, 0.5) is 0 Å². The molecule has 5 rings (SSSR count). The number of hydrogen-bond donors (Lipinski definition) is 0. The van der Waals surface area contributed by atoms with Crippen LogP contribution in [0.2, 0.25) is 10.0 Å². The molecule has 172 valence electrons. The van der Waals surface area contributed by atoms with Gasteiger partial charge >= 0.3 is 0 Å². The highest BCUT2D eigenvalue weighted by Crippen LogP contribution is 2.30. The molecule has 1 unspecified atom stereocenters. The second-order valence-electron chi connectivity index (χ2n) is 8.03. The van der Waals surface area contributed by atoms with Crippen LogP contribution in [0, 0.1) is 0 Å². The van der Waals surface area contributed by atoms with Crippen LogP contribution in [0.3, 0.4) is 0 Å². The Morgan fingerprint density at radius 1 is 0.912 bits per heavy atom. The summed E-state index contributed by atoms with van der Waals surface area (Å²) in [4.78, 5) is 30.6. The van der Waals surface area contributed by atoms with E-state index in [-0.39, 0.29) is 17.9 Å². The van der Waals surface area contributed by atoms with Crippen molar-refractivity contribution in [2.24, 2.45) is 0 Å². The normalized spacial score (nSPS) is 16.1. The zero-order chi connectivity index (χ0) is 23.8. The maximum Gasteiger partial charge on any atom is 0.257 e. The SMILES string of the molecule is O=C(c1cnn2cccc(Br)c12)N1CCN(C(=O)c2ccc(Cl)cc2)C(c2ccc(Cl)cc2)C1. The third-order valence-corrected chi connectivity index (χ3v) is 7.14. The molecular formula is C25H19BrCl2N4O2. The molecule has 0 bridgehead atoms. The number of pyridine rings is 1. The molecule has 1 atom stereocenters. The van der Waals surface area contributed by atoms with Gasteiger partial charge in [0.05, 0.1) is 23.3 Å². The molecule has 1 saturated heterocycles. The van der Waals surface area contributed by atoms with Crippen LogP contribution in [0.5, 0.6) is 0 Å². The monoisotopic (exact) mass is 556 g/mol. The molecule has 9 heteroatoms. The molecule has 4 aromatic rings. The molecule has 2 aromatic heterocycles. The Morgan fingerprint density at radius 2 is 1.59 bits per heavy atom. The first-order chi connectivity index (χ1) is 16.4. The number of benzene rings is 2. The second kappa shape index (κ2) is 9.41. The fourth-order valence-corrected chi connectivity index (χ4v) is 5.07. The van der Waals surface area contributed by atoms with Gasteiger partial charge in [0, 0.05) is 45.9 Å². The number of aromatic nitrogens is 2. The van der Waals surface area contributed by atoms with E-state index in [0.29, 0.717) is 40.8 Å². The van der Waals surface area contributed by atoms with Gasteiger partial charge < -0.3 is 9.80 Å². The summed E-state index contributed by atoms with van der Waals surface area (Å²) >= 11 is 15.6. The molecule has 0 spiro atoms. The van der Waals surface area contributed by atoms with E-state index in [1.54, 1.807) is 58.2 Å². The van der Waals surface area contributed by atoms with Gasteiger partial charge in [0.25, 0.3) is 11.8 Å². The molecule has 0 N–H and O–H groups in total. The van der Waals surface area contributed by atoms with Crippen LogP contribution in [0.1, 0.15) is 32.3 Å². The van der Waals surface area contributed by atoms with Crippen molar-refractivity contribution < 1.29 is 9.59 Å². The number of piperazine rings is 1.